The van der Waals surface area contributed by atoms with Crippen molar-refractivity contribution in [2.75, 3.05) is 36.9 Å². The van der Waals surface area contributed by atoms with Gasteiger partial charge in [0, 0.05) is 31.5 Å². The second kappa shape index (κ2) is 7.84. The van der Waals surface area contributed by atoms with Gasteiger partial charge < -0.3 is 15.4 Å². The van der Waals surface area contributed by atoms with E-state index in [2.05, 4.69) is 27.5 Å². The second-order valence-corrected chi connectivity index (χ2v) is 3.78. The molecular formula is C12H22N4O. The summed E-state index contributed by atoms with van der Waals surface area (Å²) in [6, 6.07) is 0. The van der Waals surface area contributed by atoms with E-state index in [9.17, 15) is 0 Å². The third-order valence-electron chi connectivity index (χ3n) is 2.25. The summed E-state index contributed by atoms with van der Waals surface area (Å²) in [5.74, 6) is 1.55. The van der Waals surface area contributed by atoms with Crippen LogP contribution in [0.3, 0.4) is 0 Å². The quantitative estimate of drug-likeness (QED) is 0.679. The van der Waals surface area contributed by atoms with Crippen molar-refractivity contribution in [2.45, 2.75) is 27.2 Å². The fourth-order valence-electron chi connectivity index (χ4n) is 1.33. The summed E-state index contributed by atoms with van der Waals surface area (Å²) in [4.78, 5) is 8.65. The van der Waals surface area contributed by atoms with Gasteiger partial charge in [-0.1, -0.05) is 6.92 Å². The number of ether oxygens (including phenoxy) is 1. The lowest BCUT2D eigenvalue weighted by atomic mass is 10.3. The molecule has 0 aliphatic rings. The van der Waals surface area contributed by atoms with E-state index in [1.165, 1.54) is 0 Å². The molecule has 0 aliphatic carbocycles. The number of hydrogen-bond acceptors (Lipinski definition) is 5. The first kappa shape index (κ1) is 13.7. The molecule has 1 aromatic rings. The van der Waals surface area contributed by atoms with Gasteiger partial charge in [-0.25, -0.2) is 4.98 Å². The van der Waals surface area contributed by atoms with Crippen LogP contribution in [0.4, 0.5) is 11.8 Å². The molecule has 5 nitrogen and oxygen atoms in total. The van der Waals surface area contributed by atoms with Gasteiger partial charge in [-0.05, 0) is 20.3 Å². The largest absolute Gasteiger partial charge is 0.380 e. The van der Waals surface area contributed by atoms with E-state index in [0.717, 1.165) is 37.5 Å². The van der Waals surface area contributed by atoms with Gasteiger partial charge >= 0.3 is 0 Å². The molecule has 2 N–H and O–H groups in total. The molecule has 0 saturated carbocycles. The standard InChI is InChI=1S/C12H22N4O/c1-4-6-14-12-15-9-10(3)11(16-12)13-7-8-17-5-2/h9H,4-8H2,1-3H3,(H2,13,14,15,16). The monoisotopic (exact) mass is 238 g/mol. The number of nitrogens with zero attached hydrogens (tertiary/aromatic N) is 2. The molecule has 1 rings (SSSR count). The van der Waals surface area contributed by atoms with Crippen molar-refractivity contribution < 1.29 is 4.74 Å². The molecule has 0 aromatic carbocycles. The maximum Gasteiger partial charge on any atom is 0.224 e. The molecule has 17 heavy (non-hydrogen) atoms. The highest BCUT2D eigenvalue weighted by Crippen LogP contribution is 2.11. The topological polar surface area (TPSA) is 59.1 Å². The van der Waals surface area contributed by atoms with Crippen LogP contribution < -0.4 is 10.6 Å². The summed E-state index contributed by atoms with van der Waals surface area (Å²) in [6.07, 6.45) is 2.89. The van der Waals surface area contributed by atoms with Crippen LogP contribution in [0.1, 0.15) is 25.8 Å². The number of anilines is 2. The molecule has 0 radical (unpaired) electrons. The fraction of sp³-hybridized carbons (Fsp3) is 0.667. The Morgan fingerprint density at radius 2 is 2.06 bits per heavy atom. The van der Waals surface area contributed by atoms with Gasteiger partial charge in [-0.3, -0.25) is 0 Å². The van der Waals surface area contributed by atoms with E-state index >= 15 is 0 Å². The molecule has 1 heterocycles. The van der Waals surface area contributed by atoms with Gasteiger partial charge in [0.15, 0.2) is 0 Å². The summed E-state index contributed by atoms with van der Waals surface area (Å²) >= 11 is 0. The Balaban J connectivity index is 2.50. The molecule has 0 amide bonds. The summed E-state index contributed by atoms with van der Waals surface area (Å²) in [7, 11) is 0. The zero-order chi connectivity index (χ0) is 12.5. The number of aromatic nitrogens is 2. The molecule has 0 aliphatic heterocycles. The number of nitrogens with one attached hydrogen (secondary N) is 2. The summed E-state index contributed by atoms with van der Waals surface area (Å²) < 4.78 is 5.27. The molecule has 0 unspecified atom stereocenters. The second-order valence-electron chi connectivity index (χ2n) is 3.78. The van der Waals surface area contributed by atoms with Crippen LogP contribution in [0.5, 0.6) is 0 Å². The Morgan fingerprint density at radius 3 is 2.76 bits per heavy atom. The van der Waals surface area contributed by atoms with Crippen molar-refractivity contribution in [3.63, 3.8) is 0 Å². The van der Waals surface area contributed by atoms with Crippen LogP contribution in [0.25, 0.3) is 0 Å². The predicted octanol–water partition coefficient (Wildman–Crippen LogP) is 2.06. The third-order valence-corrected chi connectivity index (χ3v) is 2.25. The zero-order valence-electron chi connectivity index (χ0n) is 10.9. The average molecular weight is 238 g/mol. The lowest BCUT2D eigenvalue weighted by Gasteiger charge is -2.10. The molecule has 0 spiro atoms. The maximum atomic E-state index is 5.27. The molecule has 0 atom stereocenters. The average Bonchev–Trinajstić information content (AvgIpc) is 2.35. The zero-order valence-corrected chi connectivity index (χ0v) is 10.9. The molecule has 0 saturated heterocycles. The predicted molar refractivity (Wildman–Crippen MR) is 70.5 cm³/mol. The van der Waals surface area contributed by atoms with E-state index < -0.39 is 0 Å². The van der Waals surface area contributed by atoms with E-state index in [-0.39, 0.29) is 0 Å². The molecule has 1 aromatic heterocycles. The fourth-order valence-corrected chi connectivity index (χ4v) is 1.33. The van der Waals surface area contributed by atoms with Crippen LogP contribution >= 0.6 is 0 Å². The van der Waals surface area contributed by atoms with Crippen molar-refractivity contribution >= 4 is 11.8 Å². The van der Waals surface area contributed by atoms with Crippen LogP contribution in [-0.2, 0) is 4.74 Å². The highest BCUT2D eigenvalue weighted by atomic mass is 16.5. The van der Waals surface area contributed by atoms with Gasteiger partial charge in [-0.2, -0.15) is 4.98 Å². The van der Waals surface area contributed by atoms with Crippen molar-refractivity contribution in [3.05, 3.63) is 11.8 Å². The molecule has 96 valence electrons. The highest BCUT2D eigenvalue weighted by molar-refractivity contribution is 5.46. The summed E-state index contributed by atoms with van der Waals surface area (Å²) in [6.45, 7) is 9.18. The van der Waals surface area contributed by atoms with Gasteiger partial charge in [-0.15, -0.1) is 0 Å². The van der Waals surface area contributed by atoms with Gasteiger partial charge in [0.2, 0.25) is 5.95 Å². The van der Waals surface area contributed by atoms with E-state index in [0.29, 0.717) is 12.6 Å². The lowest BCUT2D eigenvalue weighted by Crippen LogP contribution is -2.13. The Hall–Kier alpha value is -1.36. The third kappa shape index (κ3) is 4.99. The van der Waals surface area contributed by atoms with Gasteiger partial charge in [0.05, 0.1) is 6.61 Å². The minimum absolute atomic E-state index is 0.677. The normalized spacial score (nSPS) is 10.3. The lowest BCUT2D eigenvalue weighted by molar-refractivity contribution is 0.158. The Bertz CT molecular complexity index is 330. The van der Waals surface area contributed by atoms with Crippen molar-refractivity contribution in [3.8, 4) is 0 Å². The minimum atomic E-state index is 0.677. The smallest absolute Gasteiger partial charge is 0.224 e. The first-order chi connectivity index (χ1) is 8.27. The minimum Gasteiger partial charge on any atom is -0.380 e. The molecule has 5 heteroatoms. The first-order valence-electron chi connectivity index (χ1n) is 6.17. The van der Waals surface area contributed by atoms with Crippen molar-refractivity contribution in [2.24, 2.45) is 0 Å². The molecular weight excluding hydrogens is 216 g/mol. The Morgan fingerprint density at radius 1 is 1.24 bits per heavy atom. The Kier molecular flexibility index (Phi) is 6.32. The highest BCUT2D eigenvalue weighted by Gasteiger charge is 2.02. The van der Waals surface area contributed by atoms with Crippen LogP contribution in [0, 0.1) is 6.92 Å². The maximum absolute atomic E-state index is 5.27. The molecule has 0 fully saturated rings. The van der Waals surface area contributed by atoms with Crippen molar-refractivity contribution in [1.29, 1.82) is 0 Å². The van der Waals surface area contributed by atoms with E-state index in [4.69, 9.17) is 4.74 Å². The van der Waals surface area contributed by atoms with E-state index in [1.807, 2.05) is 20.0 Å². The number of rotatable bonds is 8. The first-order valence-corrected chi connectivity index (χ1v) is 6.17. The summed E-state index contributed by atoms with van der Waals surface area (Å²) in [5.41, 5.74) is 1.04. The number of aryl methyl sites for hydroxylation is 1. The van der Waals surface area contributed by atoms with Crippen LogP contribution in [0.15, 0.2) is 6.20 Å². The van der Waals surface area contributed by atoms with Crippen LogP contribution in [0.2, 0.25) is 0 Å². The summed E-state index contributed by atoms with van der Waals surface area (Å²) in [5, 5.41) is 6.42. The van der Waals surface area contributed by atoms with Gasteiger partial charge in [0.25, 0.3) is 0 Å². The Labute approximate surface area is 103 Å². The van der Waals surface area contributed by atoms with Crippen LogP contribution in [-0.4, -0.2) is 36.3 Å². The molecule has 0 bridgehead atoms. The number of hydrogen-bond donors (Lipinski definition) is 2. The van der Waals surface area contributed by atoms with Crippen molar-refractivity contribution in [1.82, 2.24) is 9.97 Å². The van der Waals surface area contributed by atoms with Gasteiger partial charge in [0.1, 0.15) is 5.82 Å². The van der Waals surface area contributed by atoms with E-state index in [1.54, 1.807) is 0 Å². The SMILES string of the molecule is CCCNc1ncc(C)c(NCCOCC)n1.